The molecule has 1 aromatic rings. The van der Waals surface area contributed by atoms with Crippen molar-refractivity contribution in [2.45, 2.75) is 32.3 Å². The molecule has 1 saturated heterocycles. The van der Waals surface area contributed by atoms with E-state index in [9.17, 15) is 9.90 Å². The van der Waals surface area contributed by atoms with Crippen LogP contribution in [-0.4, -0.2) is 73.4 Å². The molecule has 1 amide bonds. The smallest absolute Gasteiger partial charge is 0.253 e. The van der Waals surface area contributed by atoms with Crippen molar-refractivity contribution >= 4 is 5.91 Å². The molecule has 140 valence electrons. The fraction of sp³-hybridized carbons (Fsp3) is 0.650. The highest BCUT2D eigenvalue weighted by Gasteiger charge is 2.24. The van der Waals surface area contributed by atoms with Gasteiger partial charge in [0.1, 0.15) is 0 Å². The number of aliphatic hydroxyl groups is 1. The lowest BCUT2D eigenvalue weighted by Crippen LogP contribution is -2.38. The summed E-state index contributed by atoms with van der Waals surface area (Å²) in [6.07, 6.45) is 1.43. The predicted molar refractivity (Wildman–Crippen MR) is 99.8 cm³/mol. The number of rotatable bonds is 6. The monoisotopic (exact) mass is 348 g/mol. The molecule has 25 heavy (non-hydrogen) atoms. The van der Waals surface area contributed by atoms with Gasteiger partial charge in [-0.1, -0.05) is 12.1 Å². The zero-order valence-corrected chi connectivity index (χ0v) is 16.0. The van der Waals surface area contributed by atoms with E-state index in [2.05, 4.69) is 4.90 Å². The van der Waals surface area contributed by atoms with Gasteiger partial charge in [0.2, 0.25) is 0 Å². The summed E-state index contributed by atoms with van der Waals surface area (Å²) in [4.78, 5) is 17.0. The van der Waals surface area contributed by atoms with Gasteiger partial charge in [-0.15, -0.1) is 0 Å². The van der Waals surface area contributed by atoms with Gasteiger partial charge in [0, 0.05) is 31.1 Å². The van der Waals surface area contributed by atoms with Crippen molar-refractivity contribution in [3.63, 3.8) is 0 Å². The molecule has 0 aliphatic carbocycles. The molecule has 1 heterocycles. The van der Waals surface area contributed by atoms with Crippen molar-refractivity contribution in [3.05, 3.63) is 35.4 Å². The number of nitrogens with zero attached hydrogens (tertiary/aromatic N) is 2. The number of carbonyl (C=O) groups excluding carboxylic acids is 1. The third kappa shape index (κ3) is 6.77. The normalized spacial score (nSPS) is 19.1. The first-order valence-electron chi connectivity index (χ1n) is 9.08. The van der Waals surface area contributed by atoms with E-state index in [0.717, 1.165) is 30.6 Å². The Kier molecular flexibility index (Phi) is 6.99. The van der Waals surface area contributed by atoms with Crippen LogP contribution in [0.5, 0.6) is 0 Å². The Morgan fingerprint density at radius 2 is 2.16 bits per heavy atom. The van der Waals surface area contributed by atoms with E-state index in [1.165, 1.54) is 0 Å². The molecule has 1 atom stereocenters. The van der Waals surface area contributed by atoms with Crippen molar-refractivity contribution < 1.29 is 14.6 Å². The Labute approximate surface area is 151 Å². The maximum absolute atomic E-state index is 12.9. The van der Waals surface area contributed by atoms with E-state index in [1.807, 2.05) is 57.1 Å². The number of benzene rings is 1. The van der Waals surface area contributed by atoms with Crippen molar-refractivity contribution in [3.8, 4) is 0 Å². The molecule has 5 nitrogen and oxygen atoms in total. The molecular weight excluding hydrogens is 316 g/mol. The molecule has 1 aliphatic heterocycles. The van der Waals surface area contributed by atoms with Crippen LogP contribution >= 0.6 is 0 Å². The largest absolute Gasteiger partial charge is 0.390 e. The number of amides is 1. The predicted octanol–water partition coefficient (Wildman–Crippen LogP) is 2.04. The lowest BCUT2D eigenvalue weighted by molar-refractivity contribution is 0.0714. The number of hydrogen-bond acceptors (Lipinski definition) is 4. The Bertz CT molecular complexity index is 566. The van der Waals surface area contributed by atoms with E-state index in [-0.39, 0.29) is 5.91 Å². The molecule has 1 aliphatic rings. The quantitative estimate of drug-likeness (QED) is 0.855. The van der Waals surface area contributed by atoms with Crippen LogP contribution < -0.4 is 0 Å². The summed E-state index contributed by atoms with van der Waals surface area (Å²) >= 11 is 0. The SMILES string of the molecule is CN(C)C[C@@H]1COCCN(C(=O)c2cccc(CCC(C)(C)O)c2)C1. The zero-order chi connectivity index (χ0) is 18.4. The summed E-state index contributed by atoms with van der Waals surface area (Å²) in [5, 5.41) is 9.90. The minimum Gasteiger partial charge on any atom is -0.390 e. The summed E-state index contributed by atoms with van der Waals surface area (Å²) in [7, 11) is 4.09. The van der Waals surface area contributed by atoms with Crippen LogP contribution in [0.3, 0.4) is 0 Å². The van der Waals surface area contributed by atoms with Crippen molar-refractivity contribution in [1.29, 1.82) is 0 Å². The van der Waals surface area contributed by atoms with Crippen molar-refractivity contribution in [2.75, 3.05) is 46.9 Å². The van der Waals surface area contributed by atoms with Crippen molar-refractivity contribution in [2.24, 2.45) is 5.92 Å². The molecule has 5 heteroatoms. The summed E-state index contributed by atoms with van der Waals surface area (Å²) in [6, 6.07) is 7.78. The van der Waals surface area contributed by atoms with Crippen LogP contribution in [0.25, 0.3) is 0 Å². The third-order valence-corrected chi connectivity index (χ3v) is 4.45. The molecule has 2 rings (SSSR count). The van der Waals surface area contributed by atoms with Gasteiger partial charge in [-0.25, -0.2) is 0 Å². The van der Waals surface area contributed by atoms with Gasteiger partial charge in [-0.2, -0.15) is 0 Å². The average Bonchev–Trinajstić information content (AvgIpc) is 2.77. The summed E-state index contributed by atoms with van der Waals surface area (Å²) in [5.41, 5.74) is 1.12. The average molecular weight is 348 g/mol. The molecule has 0 saturated carbocycles. The Morgan fingerprint density at radius 3 is 2.84 bits per heavy atom. The standard InChI is InChI=1S/C20H32N2O3/c1-20(2,24)9-8-16-6-5-7-18(12-16)19(23)22-10-11-25-15-17(14-22)13-21(3)4/h5-7,12,17,24H,8-11,13-15H2,1-4H3/t17-/m0/s1. The second-order valence-corrected chi connectivity index (χ2v) is 7.97. The minimum absolute atomic E-state index is 0.0689. The van der Waals surface area contributed by atoms with E-state index >= 15 is 0 Å². The van der Waals surface area contributed by atoms with Gasteiger partial charge in [-0.3, -0.25) is 4.79 Å². The van der Waals surface area contributed by atoms with Gasteiger partial charge < -0.3 is 19.6 Å². The van der Waals surface area contributed by atoms with Gasteiger partial charge in [0.05, 0.1) is 18.8 Å². The van der Waals surface area contributed by atoms with E-state index < -0.39 is 5.60 Å². The number of hydrogen-bond donors (Lipinski definition) is 1. The van der Waals surface area contributed by atoms with Crippen LogP contribution in [0.4, 0.5) is 0 Å². The molecule has 0 bridgehead atoms. The second-order valence-electron chi connectivity index (χ2n) is 7.97. The van der Waals surface area contributed by atoms with Gasteiger partial charge in [0.25, 0.3) is 5.91 Å². The summed E-state index contributed by atoms with van der Waals surface area (Å²) in [5.74, 6) is 0.402. The van der Waals surface area contributed by atoms with Crippen LogP contribution in [-0.2, 0) is 11.2 Å². The highest BCUT2D eigenvalue weighted by Crippen LogP contribution is 2.17. The zero-order valence-electron chi connectivity index (χ0n) is 16.0. The third-order valence-electron chi connectivity index (χ3n) is 4.45. The molecule has 1 N–H and O–H groups in total. The topological polar surface area (TPSA) is 53.0 Å². The minimum atomic E-state index is -0.693. The Morgan fingerprint density at radius 1 is 1.40 bits per heavy atom. The maximum atomic E-state index is 12.9. The molecular formula is C20H32N2O3. The van der Waals surface area contributed by atoms with E-state index in [0.29, 0.717) is 32.1 Å². The summed E-state index contributed by atoms with van der Waals surface area (Å²) < 4.78 is 5.68. The highest BCUT2D eigenvalue weighted by molar-refractivity contribution is 5.94. The molecule has 1 aromatic carbocycles. The maximum Gasteiger partial charge on any atom is 0.253 e. The van der Waals surface area contributed by atoms with Gasteiger partial charge in [-0.05, 0) is 58.5 Å². The summed E-state index contributed by atoms with van der Waals surface area (Å²) in [6.45, 7) is 7.19. The fourth-order valence-corrected chi connectivity index (χ4v) is 3.18. The van der Waals surface area contributed by atoms with Crippen molar-refractivity contribution in [1.82, 2.24) is 9.80 Å². The first kappa shape index (κ1) is 19.9. The first-order valence-corrected chi connectivity index (χ1v) is 9.08. The molecule has 0 unspecified atom stereocenters. The number of aryl methyl sites for hydroxylation is 1. The van der Waals surface area contributed by atoms with E-state index in [4.69, 9.17) is 4.74 Å². The lowest BCUT2D eigenvalue weighted by atomic mass is 9.97. The lowest BCUT2D eigenvalue weighted by Gasteiger charge is -2.25. The van der Waals surface area contributed by atoms with Crippen LogP contribution in [0, 0.1) is 5.92 Å². The molecule has 0 aromatic heterocycles. The highest BCUT2D eigenvalue weighted by atomic mass is 16.5. The molecule has 1 fully saturated rings. The van der Waals surface area contributed by atoms with Crippen LogP contribution in [0.15, 0.2) is 24.3 Å². The first-order chi connectivity index (χ1) is 11.7. The second kappa shape index (κ2) is 8.79. The van der Waals surface area contributed by atoms with Crippen LogP contribution in [0.2, 0.25) is 0 Å². The van der Waals surface area contributed by atoms with E-state index in [1.54, 1.807) is 0 Å². The Hall–Kier alpha value is -1.43. The fourth-order valence-electron chi connectivity index (χ4n) is 3.18. The molecule has 0 radical (unpaired) electrons. The Balaban J connectivity index is 2.05. The number of ether oxygens (including phenoxy) is 1. The molecule has 0 spiro atoms. The van der Waals surface area contributed by atoms with Gasteiger partial charge >= 0.3 is 0 Å². The van der Waals surface area contributed by atoms with Crippen LogP contribution in [0.1, 0.15) is 36.2 Å². The van der Waals surface area contributed by atoms with Gasteiger partial charge in [0.15, 0.2) is 0 Å². The number of carbonyl (C=O) groups is 1.